The van der Waals surface area contributed by atoms with E-state index in [4.69, 9.17) is 23.2 Å². The zero-order valence-electron chi connectivity index (χ0n) is 13.0. The summed E-state index contributed by atoms with van der Waals surface area (Å²) in [7, 11) is 0. The maximum atomic E-state index is 12.1. The molecule has 0 bridgehead atoms. The number of hydrogen-bond acceptors (Lipinski definition) is 4. The molecule has 0 aliphatic heterocycles. The van der Waals surface area contributed by atoms with E-state index in [1.165, 1.54) is 17.3 Å². The molecule has 0 atom stereocenters. The molecule has 1 aromatic carbocycles. The molecule has 0 saturated heterocycles. The van der Waals surface area contributed by atoms with Crippen LogP contribution in [0.15, 0.2) is 49.2 Å². The number of urea groups is 1. The number of anilines is 1. The molecular formula is C16H14Cl2N6O. The van der Waals surface area contributed by atoms with Crippen LogP contribution in [0.4, 0.5) is 10.5 Å². The van der Waals surface area contributed by atoms with Gasteiger partial charge in [-0.25, -0.2) is 19.4 Å². The van der Waals surface area contributed by atoms with Crippen LogP contribution < -0.4 is 10.6 Å². The summed E-state index contributed by atoms with van der Waals surface area (Å²) in [5.41, 5.74) is 1.44. The minimum Gasteiger partial charge on any atom is -0.338 e. The van der Waals surface area contributed by atoms with Crippen molar-refractivity contribution >= 4 is 34.9 Å². The van der Waals surface area contributed by atoms with E-state index in [1.54, 1.807) is 30.5 Å². The van der Waals surface area contributed by atoms with Crippen molar-refractivity contribution in [2.24, 2.45) is 0 Å². The van der Waals surface area contributed by atoms with Gasteiger partial charge >= 0.3 is 6.03 Å². The fourth-order valence-electron chi connectivity index (χ4n) is 2.20. The fraction of sp³-hybridized carbons (Fsp3) is 0.125. The predicted octanol–water partition coefficient (Wildman–Crippen LogP) is 3.33. The summed E-state index contributed by atoms with van der Waals surface area (Å²) in [6.45, 7) is 0.423. The Morgan fingerprint density at radius 2 is 2.12 bits per heavy atom. The van der Waals surface area contributed by atoms with Gasteiger partial charge in [-0.3, -0.25) is 0 Å². The predicted molar refractivity (Wildman–Crippen MR) is 96.3 cm³/mol. The molecule has 0 aliphatic rings. The Balaban J connectivity index is 1.58. The van der Waals surface area contributed by atoms with Crippen LogP contribution >= 0.6 is 23.2 Å². The number of halogens is 2. The van der Waals surface area contributed by atoms with Gasteiger partial charge in [0.1, 0.15) is 12.7 Å². The fourth-order valence-corrected chi connectivity index (χ4v) is 2.70. The molecule has 0 saturated carbocycles. The van der Waals surface area contributed by atoms with Gasteiger partial charge in [-0.05, 0) is 36.2 Å². The first-order chi connectivity index (χ1) is 12.1. The lowest BCUT2D eigenvalue weighted by atomic mass is 10.1. The van der Waals surface area contributed by atoms with Crippen LogP contribution in [-0.2, 0) is 6.42 Å². The Morgan fingerprint density at radius 1 is 1.24 bits per heavy atom. The molecule has 2 heterocycles. The zero-order valence-corrected chi connectivity index (χ0v) is 14.5. The van der Waals surface area contributed by atoms with E-state index in [-0.39, 0.29) is 6.03 Å². The van der Waals surface area contributed by atoms with Gasteiger partial charge in [-0.1, -0.05) is 29.3 Å². The van der Waals surface area contributed by atoms with Crippen molar-refractivity contribution in [3.8, 4) is 5.82 Å². The molecule has 2 aromatic heterocycles. The molecule has 0 radical (unpaired) electrons. The maximum Gasteiger partial charge on any atom is 0.319 e. The molecule has 7 nitrogen and oxygen atoms in total. The van der Waals surface area contributed by atoms with Gasteiger partial charge in [-0.15, -0.1) is 0 Å². The molecule has 0 spiro atoms. The lowest BCUT2D eigenvalue weighted by molar-refractivity contribution is 0.252. The molecule has 2 amide bonds. The highest BCUT2D eigenvalue weighted by molar-refractivity contribution is 6.35. The summed E-state index contributed by atoms with van der Waals surface area (Å²) in [6.07, 6.45) is 5.11. The topological polar surface area (TPSA) is 84.7 Å². The molecule has 3 rings (SSSR count). The highest BCUT2D eigenvalue weighted by Gasteiger charge is 2.10. The van der Waals surface area contributed by atoms with Gasteiger partial charge in [0.2, 0.25) is 0 Å². The third-order valence-electron chi connectivity index (χ3n) is 3.37. The van der Waals surface area contributed by atoms with Crippen LogP contribution in [0.25, 0.3) is 5.82 Å². The number of carbonyl (C=O) groups is 1. The number of rotatable bonds is 5. The summed E-state index contributed by atoms with van der Waals surface area (Å²) >= 11 is 12.0. The molecule has 2 N–H and O–H groups in total. The summed E-state index contributed by atoms with van der Waals surface area (Å²) in [4.78, 5) is 20.2. The monoisotopic (exact) mass is 376 g/mol. The van der Waals surface area contributed by atoms with E-state index >= 15 is 0 Å². The molecule has 0 fully saturated rings. The van der Waals surface area contributed by atoms with E-state index in [0.29, 0.717) is 34.5 Å². The average Bonchev–Trinajstić information content (AvgIpc) is 3.12. The second-order valence-corrected chi connectivity index (χ2v) is 5.92. The van der Waals surface area contributed by atoms with Gasteiger partial charge in [0.25, 0.3) is 0 Å². The number of aromatic nitrogens is 4. The first-order valence-corrected chi connectivity index (χ1v) is 8.18. The number of carbonyl (C=O) groups excluding carboxylic acids is 1. The molecular weight excluding hydrogens is 363 g/mol. The first kappa shape index (κ1) is 17.2. The largest absolute Gasteiger partial charge is 0.338 e. The maximum absolute atomic E-state index is 12.1. The summed E-state index contributed by atoms with van der Waals surface area (Å²) < 4.78 is 1.48. The van der Waals surface area contributed by atoms with Gasteiger partial charge in [0.15, 0.2) is 5.82 Å². The minimum absolute atomic E-state index is 0.348. The van der Waals surface area contributed by atoms with Crippen LogP contribution in [0, 0.1) is 0 Å². The summed E-state index contributed by atoms with van der Waals surface area (Å²) in [5.74, 6) is 0.482. The zero-order chi connectivity index (χ0) is 17.6. The van der Waals surface area contributed by atoms with E-state index < -0.39 is 0 Å². The van der Waals surface area contributed by atoms with Gasteiger partial charge in [-0.2, -0.15) is 5.10 Å². The van der Waals surface area contributed by atoms with Crippen molar-refractivity contribution in [1.82, 2.24) is 25.1 Å². The van der Waals surface area contributed by atoms with Gasteiger partial charge < -0.3 is 10.6 Å². The summed E-state index contributed by atoms with van der Waals surface area (Å²) in [6, 6.07) is 8.40. The number of nitrogens with one attached hydrogen (secondary N) is 2. The Morgan fingerprint density at radius 3 is 2.88 bits per heavy atom. The van der Waals surface area contributed by atoms with Crippen molar-refractivity contribution in [3.05, 3.63) is 64.8 Å². The lowest BCUT2D eigenvalue weighted by Crippen LogP contribution is -2.31. The smallest absolute Gasteiger partial charge is 0.319 e. The highest BCUT2D eigenvalue weighted by Crippen LogP contribution is 2.21. The molecule has 3 aromatic rings. The van der Waals surface area contributed by atoms with Crippen LogP contribution in [0.5, 0.6) is 0 Å². The minimum atomic E-state index is -0.348. The molecule has 0 unspecified atom stereocenters. The second-order valence-electron chi connectivity index (χ2n) is 5.08. The van der Waals surface area contributed by atoms with E-state index in [1.807, 2.05) is 6.07 Å². The highest BCUT2D eigenvalue weighted by atomic mass is 35.5. The Bertz CT molecular complexity index is 869. The third-order valence-corrected chi connectivity index (χ3v) is 3.95. The SMILES string of the molecule is O=C(NCCc1ccc(Cl)cc1Cl)Nc1cccnc1-n1cncn1. The summed E-state index contributed by atoms with van der Waals surface area (Å²) in [5, 5.41) is 10.7. The van der Waals surface area contributed by atoms with Crippen LogP contribution in [-0.4, -0.2) is 32.3 Å². The normalized spacial score (nSPS) is 10.5. The quantitative estimate of drug-likeness (QED) is 0.714. The molecule has 128 valence electrons. The van der Waals surface area contributed by atoms with Crippen molar-refractivity contribution in [3.63, 3.8) is 0 Å². The lowest BCUT2D eigenvalue weighted by Gasteiger charge is -2.11. The first-order valence-electron chi connectivity index (χ1n) is 7.42. The number of pyridine rings is 1. The third kappa shape index (κ3) is 4.46. The number of hydrogen-bond donors (Lipinski definition) is 2. The Labute approximate surface area is 154 Å². The number of amides is 2. The van der Waals surface area contributed by atoms with E-state index in [0.717, 1.165) is 5.56 Å². The number of benzene rings is 1. The average molecular weight is 377 g/mol. The van der Waals surface area contributed by atoms with Gasteiger partial charge in [0.05, 0.1) is 5.69 Å². The Hall–Kier alpha value is -2.64. The van der Waals surface area contributed by atoms with Crippen molar-refractivity contribution in [1.29, 1.82) is 0 Å². The van der Waals surface area contributed by atoms with Crippen molar-refractivity contribution in [2.45, 2.75) is 6.42 Å². The van der Waals surface area contributed by atoms with E-state index in [9.17, 15) is 4.79 Å². The van der Waals surface area contributed by atoms with Crippen LogP contribution in [0.3, 0.4) is 0 Å². The van der Waals surface area contributed by atoms with Gasteiger partial charge in [0, 0.05) is 22.8 Å². The van der Waals surface area contributed by atoms with Crippen molar-refractivity contribution < 1.29 is 4.79 Å². The molecule has 0 aliphatic carbocycles. The molecule has 9 heteroatoms. The van der Waals surface area contributed by atoms with Crippen molar-refractivity contribution in [2.75, 3.05) is 11.9 Å². The van der Waals surface area contributed by atoms with E-state index in [2.05, 4.69) is 25.7 Å². The standard InChI is InChI=1S/C16H14Cl2N6O/c17-12-4-3-11(13(18)8-12)5-7-21-16(25)23-14-2-1-6-20-15(14)24-10-19-9-22-24/h1-4,6,8-10H,5,7H2,(H2,21,23,25). The second kappa shape index (κ2) is 7.96. The van der Waals surface area contributed by atoms with Crippen LogP contribution in [0.1, 0.15) is 5.56 Å². The van der Waals surface area contributed by atoms with Crippen LogP contribution in [0.2, 0.25) is 10.0 Å². The molecule has 25 heavy (non-hydrogen) atoms. The Kier molecular flexibility index (Phi) is 5.47. The number of nitrogens with zero attached hydrogens (tertiary/aromatic N) is 4.